The van der Waals surface area contributed by atoms with Crippen molar-refractivity contribution in [2.24, 2.45) is 5.73 Å². The Bertz CT molecular complexity index is 645. The predicted octanol–water partition coefficient (Wildman–Crippen LogP) is 4.25. The molecular formula is C14H10BrF4N. The highest BCUT2D eigenvalue weighted by Crippen LogP contribution is 2.25. The van der Waals surface area contributed by atoms with Crippen LogP contribution in [0.15, 0.2) is 34.8 Å². The number of benzene rings is 2. The lowest BCUT2D eigenvalue weighted by Gasteiger charge is -2.14. The molecule has 0 aliphatic rings. The van der Waals surface area contributed by atoms with Gasteiger partial charge < -0.3 is 5.73 Å². The molecule has 1 atom stereocenters. The van der Waals surface area contributed by atoms with E-state index in [0.29, 0.717) is 5.56 Å². The topological polar surface area (TPSA) is 26.0 Å². The molecule has 106 valence electrons. The van der Waals surface area contributed by atoms with E-state index < -0.39 is 29.3 Å². The van der Waals surface area contributed by atoms with E-state index in [-0.39, 0.29) is 16.5 Å². The van der Waals surface area contributed by atoms with Gasteiger partial charge in [-0.1, -0.05) is 6.07 Å². The zero-order chi connectivity index (χ0) is 14.9. The third-order valence-corrected chi connectivity index (χ3v) is 3.49. The summed E-state index contributed by atoms with van der Waals surface area (Å²) >= 11 is 2.87. The number of rotatable bonds is 3. The molecule has 0 fully saturated rings. The number of hydrogen-bond donors (Lipinski definition) is 1. The molecule has 0 aliphatic heterocycles. The van der Waals surface area contributed by atoms with Gasteiger partial charge >= 0.3 is 0 Å². The summed E-state index contributed by atoms with van der Waals surface area (Å²) in [5.41, 5.74) is 6.18. The fraction of sp³-hybridized carbons (Fsp3) is 0.143. The average molecular weight is 348 g/mol. The lowest BCUT2D eigenvalue weighted by atomic mass is 9.99. The van der Waals surface area contributed by atoms with Crippen molar-refractivity contribution < 1.29 is 17.6 Å². The molecule has 6 heteroatoms. The van der Waals surface area contributed by atoms with Crippen LogP contribution in [0.4, 0.5) is 17.6 Å². The van der Waals surface area contributed by atoms with Crippen molar-refractivity contribution in [3.05, 3.63) is 69.2 Å². The highest BCUT2D eigenvalue weighted by atomic mass is 79.9. The monoisotopic (exact) mass is 347 g/mol. The maximum atomic E-state index is 13.7. The molecule has 2 aromatic rings. The van der Waals surface area contributed by atoms with Crippen LogP contribution in [0.5, 0.6) is 0 Å². The molecule has 0 spiro atoms. The SMILES string of the molecule is NC(Cc1ccc(F)c(F)c1)c1cc(F)c(Br)cc1F. The Hall–Kier alpha value is -1.40. The van der Waals surface area contributed by atoms with E-state index in [9.17, 15) is 17.6 Å². The van der Waals surface area contributed by atoms with E-state index in [1.807, 2.05) is 0 Å². The van der Waals surface area contributed by atoms with Crippen molar-refractivity contribution in [2.45, 2.75) is 12.5 Å². The summed E-state index contributed by atoms with van der Waals surface area (Å²) in [6.45, 7) is 0. The first kappa shape index (κ1) is 15.0. The van der Waals surface area contributed by atoms with Crippen LogP contribution < -0.4 is 5.73 Å². The minimum atomic E-state index is -1.00. The Morgan fingerprint density at radius 3 is 2.25 bits per heavy atom. The van der Waals surface area contributed by atoms with Crippen molar-refractivity contribution in [1.82, 2.24) is 0 Å². The van der Waals surface area contributed by atoms with Crippen molar-refractivity contribution >= 4 is 15.9 Å². The van der Waals surface area contributed by atoms with Crippen molar-refractivity contribution in [1.29, 1.82) is 0 Å². The van der Waals surface area contributed by atoms with Crippen LogP contribution in [0.1, 0.15) is 17.2 Å². The molecule has 2 N–H and O–H groups in total. The third-order valence-electron chi connectivity index (χ3n) is 2.88. The van der Waals surface area contributed by atoms with Gasteiger partial charge in [0.1, 0.15) is 11.6 Å². The van der Waals surface area contributed by atoms with Crippen molar-refractivity contribution in [3.8, 4) is 0 Å². The van der Waals surface area contributed by atoms with Gasteiger partial charge in [-0.15, -0.1) is 0 Å². The summed E-state index contributed by atoms with van der Waals surface area (Å²) in [4.78, 5) is 0. The minimum absolute atomic E-state index is 0.00113. The lowest BCUT2D eigenvalue weighted by Crippen LogP contribution is -2.15. The molecule has 1 nitrogen and oxygen atoms in total. The van der Waals surface area contributed by atoms with E-state index in [1.165, 1.54) is 6.07 Å². The molecule has 0 radical (unpaired) electrons. The molecular weight excluding hydrogens is 338 g/mol. The van der Waals surface area contributed by atoms with Gasteiger partial charge in [0.25, 0.3) is 0 Å². The second kappa shape index (κ2) is 5.93. The van der Waals surface area contributed by atoms with Gasteiger partial charge in [-0.05, 0) is 52.2 Å². The van der Waals surface area contributed by atoms with Gasteiger partial charge in [-0.3, -0.25) is 0 Å². The van der Waals surface area contributed by atoms with E-state index in [4.69, 9.17) is 5.73 Å². The smallest absolute Gasteiger partial charge is 0.159 e. The molecule has 0 aliphatic carbocycles. The van der Waals surface area contributed by atoms with E-state index in [2.05, 4.69) is 15.9 Å². The molecule has 0 heterocycles. The Morgan fingerprint density at radius 1 is 0.900 bits per heavy atom. The van der Waals surface area contributed by atoms with Gasteiger partial charge in [0.2, 0.25) is 0 Å². The van der Waals surface area contributed by atoms with Gasteiger partial charge in [0.05, 0.1) is 4.47 Å². The summed E-state index contributed by atoms with van der Waals surface area (Å²) in [6, 6.07) is 4.42. The van der Waals surface area contributed by atoms with Crippen LogP contribution in [-0.2, 0) is 6.42 Å². The van der Waals surface area contributed by atoms with Crippen LogP contribution in [0.3, 0.4) is 0 Å². The Balaban J connectivity index is 2.25. The molecule has 0 saturated heterocycles. The van der Waals surface area contributed by atoms with Gasteiger partial charge in [-0.25, -0.2) is 17.6 Å². The molecule has 2 aromatic carbocycles. The van der Waals surface area contributed by atoms with Gasteiger partial charge in [-0.2, -0.15) is 0 Å². The average Bonchev–Trinajstić information content (AvgIpc) is 2.38. The normalized spacial score (nSPS) is 12.5. The van der Waals surface area contributed by atoms with Crippen LogP contribution in [0.25, 0.3) is 0 Å². The summed E-state index contributed by atoms with van der Waals surface area (Å²) in [7, 11) is 0. The number of halogens is 5. The minimum Gasteiger partial charge on any atom is -0.324 e. The lowest BCUT2D eigenvalue weighted by molar-refractivity contribution is 0.505. The summed E-state index contributed by atoms with van der Waals surface area (Å²) < 4.78 is 53.0. The predicted molar refractivity (Wildman–Crippen MR) is 71.0 cm³/mol. The van der Waals surface area contributed by atoms with Crippen LogP contribution in [0.2, 0.25) is 0 Å². The van der Waals surface area contributed by atoms with E-state index >= 15 is 0 Å². The van der Waals surface area contributed by atoms with Gasteiger partial charge in [0.15, 0.2) is 11.6 Å². The summed E-state index contributed by atoms with van der Waals surface area (Å²) in [5, 5.41) is 0. The number of nitrogens with two attached hydrogens (primary N) is 1. The first-order valence-corrected chi connectivity index (χ1v) is 6.51. The molecule has 0 saturated carbocycles. The summed E-state index contributed by atoms with van der Waals surface area (Å²) in [6.07, 6.45) is 0.0647. The second-order valence-electron chi connectivity index (χ2n) is 4.35. The highest BCUT2D eigenvalue weighted by molar-refractivity contribution is 9.10. The second-order valence-corrected chi connectivity index (χ2v) is 5.20. The molecule has 1 unspecified atom stereocenters. The molecule has 20 heavy (non-hydrogen) atoms. The first-order chi connectivity index (χ1) is 9.38. The molecule has 0 bridgehead atoms. The zero-order valence-corrected chi connectivity index (χ0v) is 11.7. The van der Waals surface area contributed by atoms with E-state index in [1.54, 1.807) is 0 Å². The van der Waals surface area contributed by atoms with Crippen molar-refractivity contribution in [3.63, 3.8) is 0 Å². The molecule has 2 rings (SSSR count). The number of hydrogen-bond acceptors (Lipinski definition) is 1. The Labute approximate surface area is 121 Å². The third kappa shape index (κ3) is 3.19. The fourth-order valence-corrected chi connectivity index (χ4v) is 2.17. The molecule has 0 amide bonds. The van der Waals surface area contributed by atoms with E-state index in [0.717, 1.165) is 24.3 Å². The summed E-state index contributed by atoms with van der Waals surface area (Å²) in [5.74, 6) is -3.27. The van der Waals surface area contributed by atoms with Crippen LogP contribution in [0, 0.1) is 23.3 Å². The van der Waals surface area contributed by atoms with Crippen LogP contribution >= 0.6 is 15.9 Å². The van der Waals surface area contributed by atoms with Crippen LogP contribution in [-0.4, -0.2) is 0 Å². The first-order valence-electron chi connectivity index (χ1n) is 5.72. The largest absolute Gasteiger partial charge is 0.324 e. The standard InChI is InChI=1S/C14H10BrF4N/c15-9-6-11(17)8(5-12(9)18)14(20)4-7-1-2-10(16)13(19)3-7/h1-3,5-6,14H,4,20H2. The van der Waals surface area contributed by atoms with Gasteiger partial charge in [0, 0.05) is 11.6 Å². The maximum absolute atomic E-state index is 13.7. The Kier molecular flexibility index (Phi) is 4.45. The Morgan fingerprint density at radius 2 is 1.60 bits per heavy atom. The van der Waals surface area contributed by atoms with Crippen molar-refractivity contribution in [2.75, 3.05) is 0 Å². The molecule has 0 aromatic heterocycles. The highest BCUT2D eigenvalue weighted by Gasteiger charge is 2.16. The quantitative estimate of drug-likeness (QED) is 0.651. The zero-order valence-electron chi connectivity index (χ0n) is 10.1. The maximum Gasteiger partial charge on any atom is 0.159 e. The fourth-order valence-electron chi connectivity index (χ4n) is 1.85.